The van der Waals surface area contributed by atoms with Crippen LogP contribution in [-0.2, 0) is 0 Å². The van der Waals surface area contributed by atoms with Crippen molar-refractivity contribution in [2.45, 2.75) is 12.5 Å². The van der Waals surface area contributed by atoms with Crippen molar-refractivity contribution in [2.24, 2.45) is 0 Å². The molecule has 2 heteroatoms. The fraction of sp³-hybridized carbons (Fsp3) is 0.333. The van der Waals surface area contributed by atoms with E-state index in [1.54, 1.807) is 12.2 Å². The van der Waals surface area contributed by atoms with Crippen molar-refractivity contribution < 1.29 is 5.11 Å². The summed E-state index contributed by atoms with van der Waals surface area (Å²) in [6.45, 7) is 0. The molecule has 0 fully saturated rings. The van der Waals surface area contributed by atoms with Gasteiger partial charge in [-0.15, -0.1) is 0 Å². The Morgan fingerprint density at radius 2 is 2.50 bits per heavy atom. The zero-order chi connectivity index (χ0) is 5.98. The second kappa shape index (κ2) is 2.33. The highest BCUT2D eigenvalue weighted by atomic mass is 35.5. The molecule has 1 N–H and O–H groups in total. The predicted octanol–water partition coefficient (Wildman–Crippen LogP) is 1.43. The Kier molecular flexibility index (Phi) is 1.71. The van der Waals surface area contributed by atoms with Gasteiger partial charge in [0.05, 0.1) is 6.10 Å². The van der Waals surface area contributed by atoms with Gasteiger partial charge in [-0.3, -0.25) is 0 Å². The second-order valence-corrected chi connectivity index (χ2v) is 2.22. The van der Waals surface area contributed by atoms with Gasteiger partial charge in [0.2, 0.25) is 0 Å². The molecule has 0 aromatic heterocycles. The molecule has 0 saturated heterocycles. The van der Waals surface area contributed by atoms with Crippen molar-refractivity contribution in [1.82, 2.24) is 0 Å². The zero-order valence-corrected chi connectivity index (χ0v) is 5.10. The summed E-state index contributed by atoms with van der Waals surface area (Å²) in [6.07, 6.45) is 5.50. The van der Waals surface area contributed by atoms with Crippen molar-refractivity contribution in [3.63, 3.8) is 0 Å². The molecule has 0 aromatic rings. The Morgan fingerprint density at radius 3 is 2.88 bits per heavy atom. The number of halogens is 1. The average molecular weight is 131 g/mol. The van der Waals surface area contributed by atoms with Crippen LogP contribution < -0.4 is 0 Å². The van der Waals surface area contributed by atoms with Gasteiger partial charge in [-0.1, -0.05) is 23.8 Å². The van der Waals surface area contributed by atoms with Crippen LogP contribution in [0.5, 0.6) is 0 Å². The van der Waals surface area contributed by atoms with Gasteiger partial charge < -0.3 is 5.11 Å². The van der Waals surface area contributed by atoms with E-state index in [1.807, 2.05) is 6.08 Å². The largest absolute Gasteiger partial charge is 0.385 e. The normalized spacial score (nSPS) is 27.8. The lowest BCUT2D eigenvalue weighted by molar-refractivity contribution is 0.269. The molecule has 0 amide bonds. The topological polar surface area (TPSA) is 20.2 Å². The van der Waals surface area contributed by atoms with Gasteiger partial charge in [0.15, 0.2) is 0 Å². The van der Waals surface area contributed by atoms with E-state index >= 15 is 0 Å². The molecule has 1 unspecified atom stereocenters. The molecule has 0 spiro atoms. The van der Waals surface area contributed by atoms with Gasteiger partial charge in [0.25, 0.3) is 0 Å². The van der Waals surface area contributed by atoms with Crippen LogP contribution in [-0.4, -0.2) is 11.2 Å². The summed E-state index contributed by atoms with van der Waals surface area (Å²) in [5.74, 6) is 0. The van der Waals surface area contributed by atoms with Gasteiger partial charge in [0, 0.05) is 11.5 Å². The highest BCUT2D eigenvalue weighted by Crippen LogP contribution is 2.13. The van der Waals surface area contributed by atoms with E-state index in [-0.39, 0.29) is 0 Å². The fourth-order valence-corrected chi connectivity index (χ4v) is 0.847. The molecular weight excluding hydrogens is 124 g/mol. The molecule has 0 aliphatic heterocycles. The highest BCUT2D eigenvalue weighted by Gasteiger charge is 2.00. The first-order chi connectivity index (χ1) is 3.79. The fourth-order valence-electron chi connectivity index (χ4n) is 0.629. The third-order valence-electron chi connectivity index (χ3n) is 0.998. The van der Waals surface area contributed by atoms with Gasteiger partial charge in [-0.2, -0.15) is 0 Å². The first-order valence-corrected chi connectivity index (χ1v) is 2.88. The van der Waals surface area contributed by atoms with Crippen LogP contribution in [0.25, 0.3) is 0 Å². The number of hydrogen-bond donors (Lipinski definition) is 1. The van der Waals surface area contributed by atoms with Crippen molar-refractivity contribution in [3.05, 3.63) is 23.3 Å². The van der Waals surface area contributed by atoms with Crippen LogP contribution in [0.4, 0.5) is 0 Å². The standard InChI is InChI=1S/C6H7ClO/c7-5-2-1-3-6(8)4-5/h1,3-4,6,8H,2H2. The molecule has 1 nitrogen and oxygen atoms in total. The molecule has 1 atom stereocenters. The van der Waals surface area contributed by atoms with E-state index in [9.17, 15) is 0 Å². The van der Waals surface area contributed by atoms with Crippen LogP contribution in [0.2, 0.25) is 0 Å². The maximum Gasteiger partial charge on any atom is 0.0916 e. The first kappa shape index (κ1) is 5.86. The van der Waals surface area contributed by atoms with E-state index in [1.165, 1.54) is 0 Å². The Bertz CT molecular complexity index is 137. The summed E-state index contributed by atoms with van der Waals surface area (Å²) < 4.78 is 0. The summed E-state index contributed by atoms with van der Waals surface area (Å²) in [7, 11) is 0. The number of rotatable bonds is 0. The van der Waals surface area contributed by atoms with Crippen LogP contribution in [0.3, 0.4) is 0 Å². The van der Waals surface area contributed by atoms with Crippen LogP contribution >= 0.6 is 11.6 Å². The summed E-state index contributed by atoms with van der Waals surface area (Å²) in [5.41, 5.74) is 0. The molecule has 44 valence electrons. The van der Waals surface area contributed by atoms with E-state index in [2.05, 4.69) is 0 Å². The van der Waals surface area contributed by atoms with Crippen LogP contribution in [0, 0.1) is 0 Å². The maximum atomic E-state index is 8.83. The maximum absolute atomic E-state index is 8.83. The van der Waals surface area contributed by atoms with E-state index in [0.29, 0.717) is 0 Å². The molecule has 1 aliphatic carbocycles. The summed E-state index contributed by atoms with van der Waals surface area (Å²) in [4.78, 5) is 0. The number of hydrogen-bond acceptors (Lipinski definition) is 1. The molecule has 0 bridgehead atoms. The summed E-state index contributed by atoms with van der Waals surface area (Å²) >= 11 is 5.56. The second-order valence-electron chi connectivity index (χ2n) is 1.74. The molecule has 0 aromatic carbocycles. The lowest BCUT2D eigenvalue weighted by Gasteiger charge is -2.03. The first-order valence-electron chi connectivity index (χ1n) is 2.50. The van der Waals surface area contributed by atoms with Gasteiger partial charge in [0.1, 0.15) is 0 Å². The Morgan fingerprint density at radius 1 is 1.75 bits per heavy atom. The molecule has 8 heavy (non-hydrogen) atoms. The Hall–Kier alpha value is -0.270. The van der Waals surface area contributed by atoms with Crippen molar-refractivity contribution in [2.75, 3.05) is 0 Å². The zero-order valence-electron chi connectivity index (χ0n) is 4.34. The van der Waals surface area contributed by atoms with Crippen molar-refractivity contribution in [3.8, 4) is 0 Å². The monoisotopic (exact) mass is 130 g/mol. The third-order valence-corrected chi connectivity index (χ3v) is 1.28. The third kappa shape index (κ3) is 1.35. The number of aliphatic hydroxyl groups excluding tert-OH is 1. The molecule has 0 radical (unpaired) electrons. The van der Waals surface area contributed by atoms with Gasteiger partial charge in [-0.25, -0.2) is 0 Å². The SMILES string of the molecule is OC1C=CCC(Cl)=C1. The lowest BCUT2D eigenvalue weighted by atomic mass is 10.2. The summed E-state index contributed by atoms with van der Waals surface area (Å²) in [5, 5.41) is 9.55. The number of allylic oxidation sites excluding steroid dienone is 2. The molecule has 0 heterocycles. The van der Waals surface area contributed by atoms with Gasteiger partial charge in [-0.05, 0) is 6.08 Å². The van der Waals surface area contributed by atoms with Crippen molar-refractivity contribution >= 4 is 11.6 Å². The smallest absolute Gasteiger partial charge is 0.0916 e. The molecular formula is C6H7ClO. The average Bonchev–Trinajstić information content (AvgIpc) is 1.64. The Balaban J connectivity index is 2.60. The molecule has 1 aliphatic rings. The van der Waals surface area contributed by atoms with Crippen molar-refractivity contribution in [1.29, 1.82) is 0 Å². The number of aliphatic hydroxyl groups is 1. The quantitative estimate of drug-likeness (QED) is 0.492. The minimum atomic E-state index is -0.462. The highest BCUT2D eigenvalue weighted by molar-refractivity contribution is 6.29. The lowest BCUT2D eigenvalue weighted by Crippen LogP contribution is -2.00. The van der Waals surface area contributed by atoms with Gasteiger partial charge >= 0.3 is 0 Å². The van der Waals surface area contributed by atoms with E-state index in [0.717, 1.165) is 11.5 Å². The minimum Gasteiger partial charge on any atom is -0.385 e. The van der Waals surface area contributed by atoms with E-state index in [4.69, 9.17) is 16.7 Å². The van der Waals surface area contributed by atoms with Crippen LogP contribution in [0.1, 0.15) is 6.42 Å². The predicted molar refractivity (Wildman–Crippen MR) is 33.7 cm³/mol. The Labute approximate surface area is 53.3 Å². The molecule has 1 rings (SSSR count). The van der Waals surface area contributed by atoms with Crippen LogP contribution in [0.15, 0.2) is 23.3 Å². The van der Waals surface area contributed by atoms with E-state index < -0.39 is 6.10 Å². The molecule has 0 saturated carbocycles. The summed E-state index contributed by atoms with van der Waals surface area (Å²) in [6, 6.07) is 0. The minimum absolute atomic E-state index is 0.462.